The Hall–Kier alpha value is -1.88. The molecule has 0 bridgehead atoms. The Balaban J connectivity index is 1.75. The zero-order valence-corrected chi connectivity index (χ0v) is 13.5. The van der Waals surface area contributed by atoms with E-state index in [0.29, 0.717) is 6.04 Å². The van der Waals surface area contributed by atoms with Crippen LogP contribution >= 0.6 is 0 Å². The van der Waals surface area contributed by atoms with Crippen molar-refractivity contribution in [2.24, 2.45) is 5.92 Å². The molecule has 3 atom stereocenters. The second-order valence-electron chi connectivity index (χ2n) is 6.55. The molecule has 5 heteroatoms. The minimum absolute atomic E-state index is 0.0151. The third-order valence-corrected chi connectivity index (χ3v) is 4.80. The van der Waals surface area contributed by atoms with Crippen LogP contribution in [0.4, 0.5) is 0 Å². The average molecular weight is 315 g/mol. The summed E-state index contributed by atoms with van der Waals surface area (Å²) in [4.78, 5) is 24.7. The standard InChI is InChI=1S/C18H25N3O2/c1-19-17(22)14-8-5-9-15(14)21-16(12-6-3-2-4-7-12)18(23)20-13-10-11-13/h2-4,6-7,13-16,21H,5,8-11H2,1H3,(H,19,22)(H,20,23). The maximum Gasteiger partial charge on any atom is 0.241 e. The summed E-state index contributed by atoms with van der Waals surface area (Å²) in [6, 6.07) is 9.74. The maximum absolute atomic E-state index is 12.7. The maximum atomic E-state index is 12.7. The first-order valence-electron chi connectivity index (χ1n) is 8.52. The van der Waals surface area contributed by atoms with Crippen LogP contribution in [-0.2, 0) is 9.59 Å². The van der Waals surface area contributed by atoms with Crippen LogP contribution in [0.1, 0.15) is 43.7 Å². The van der Waals surface area contributed by atoms with Crippen LogP contribution in [0.15, 0.2) is 30.3 Å². The highest BCUT2D eigenvalue weighted by Crippen LogP contribution is 2.29. The first-order chi connectivity index (χ1) is 11.2. The highest BCUT2D eigenvalue weighted by molar-refractivity contribution is 5.84. The van der Waals surface area contributed by atoms with Gasteiger partial charge >= 0.3 is 0 Å². The van der Waals surface area contributed by atoms with Crippen molar-refractivity contribution in [2.45, 2.75) is 50.2 Å². The van der Waals surface area contributed by atoms with Crippen LogP contribution in [0.2, 0.25) is 0 Å². The summed E-state index contributed by atoms with van der Waals surface area (Å²) < 4.78 is 0. The van der Waals surface area contributed by atoms with Crippen LogP contribution in [0.3, 0.4) is 0 Å². The number of nitrogens with one attached hydrogen (secondary N) is 3. The molecule has 2 aliphatic rings. The van der Waals surface area contributed by atoms with E-state index in [2.05, 4.69) is 16.0 Å². The summed E-state index contributed by atoms with van der Waals surface area (Å²) in [5.41, 5.74) is 0.952. The van der Waals surface area contributed by atoms with E-state index in [0.717, 1.165) is 37.7 Å². The van der Waals surface area contributed by atoms with Crippen molar-refractivity contribution < 1.29 is 9.59 Å². The number of carbonyl (C=O) groups excluding carboxylic acids is 2. The largest absolute Gasteiger partial charge is 0.359 e. The highest BCUT2D eigenvalue weighted by Gasteiger charge is 2.36. The van der Waals surface area contributed by atoms with E-state index in [-0.39, 0.29) is 23.8 Å². The highest BCUT2D eigenvalue weighted by atomic mass is 16.2. The van der Waals surface area contributed by atoms with Gasteiger partial charge in [0.1, 0.15) is 6.04 Å². The van der Waals surface area contributed by atoms with Gasteiger partial charge in [0.25, 0.3) is 0 Å². The normalized spacial score (nSPS) is 24.9. The van der Waals surface area contributed by atoms with Gasteiger partial charge in [0, 0.05) is 19.1 Å². The fourth-order valence-corrected chi connectivity index (χ4v) is 3.35. The second kappa shape index (κ2) is 7.13. The van der Waals surface area contributed by atoms with Crippen molar-refractivity contribution in [1.29, 1.82) is 0 Å². The number of hydrogen-bond acceptors (Lipinski definition) is 3. The fourth-order valence-electron chi connectivity index (χ4n) is 3.35. The quantitative estimate of drug-likeness (QED) is 0.745. The molecule has 0 spiro atoms. The van der Waals surface area contributed by atoms with Gasteiger partial charge in [-0.3, -0.25) is 14.9 Å². The molecule has 2 amide bonds. The lowest BCUT2D eigenvalue weighted by Gasteiger charge is -2.26. The first kappa shape index (κ1) is 16.0. The predicted molar refractivity (Wildman–Crippen MR) is 88.7 cm³/mol. The summed E-state index contributed by atoms with van der Waals surface area (Å²) in [7, 11) is 1.67. The van der Waals surface area contributed by atoms with Crippen LogP contribution in [0, 0.1) is 5.92 Å². The summed E-state index contributed by atoms with van der Waals surface area (Å²) in [6.07, 6.45) is 4.96. The molecule has 1 aromatic rings. The minimum Gasteiger partial charge on any atom is -0.359 e. The minimum atomic E-state index is -0.396. The van der Waals surface area contributed by atoms with Crippen LogP contribution in [0.25, 0.3) is 0 Å². The van der Waals surface area contributed by atoms with E-state index in [4.69, 9.17) is 0 Å². The molecule has 124 valence electrons. The molecular weight excluding hydrogens is 290 g/mol. The van der Waals surface area contributed by atoms with Crippen molar-refractivity contribution in [3.8, 4) is 0 Å². The lowest BCUT2D eigenvalue weighted by atomic mass is 9.99. The Morgan fingerprint density at radius 2 is 1.83 bits per heavy atom. The third kappa shape index (κ3) is 3.91. The Kier molecular flexibility index (Phi) is 4.96. The van der Waals surface area contributed by atoms with Crippen molar-refractivity contribution in [2.75, 3.05) is 7.05 Å². The van der Waals surface area contributed by atoms with E-state index in [9.17, 15) is 9.59 Å². The van der Waals surface area contributed by atoms with Crippen molar-refractivity contribution in [1.82, 2.24) is 16.0 Å². The molecule has 5 nitrogen and oxygen atoms in total. The number of hydrogen-bond donors (Lipinski definition) is 3. The van der Waals surface area contributed by atoms with E-state index >= 15 is 0 Å². The molecule has 0 radical (unpaired) electrons. The molecule has 0 saturated heterocycles. The van der Waals surface area contributed by atoms with E-state index in [1.807, 2.05) is 30.3 Å². The van der Waals surface area contributed by atoms with Crippen molar-refractivity contribution in [3.05, 3.63) is 35.9 Å². The summed E-state index contributed by atoms with van der Waals surface area (Å²) in [5.74, 6) is 0.0237. The fraction of sp³-hybridized carbons (Fsp3) is 0.556. The van der Waals surface area contributed by atoms with Gasteiger partial charge in [0.15, 0.2) is 0 Å². The molecule has 2 saturated carbocycles. The van der Waals surface area contributed by atoms with Gasteiger partial charge in [0.05, 0.1) is 5.92 Å². The molecule has 3 N–H and O–H groups in total. The van der Waals surface area contributed by atoms with Crippen molar-refractivity contribution >= 4 is 11.8 Å². The first-order valence-corrected chi connectivity index (χ1v) is 8.52. The Morgan fingerprint density at radius 1 is 1.09 bits per heavy atom. The van der Waals surface area contributed by atoms with Crippen LogP contribution in [0.5, 0.6) is 0 Å². The van der Waals surface area contributed by atoms with Gasteiger partial charge in [-0.2, -0.15) is 0 Å². The monoisotopic (exact) mass is 315 g/mol. The molecule has 2 fully saturated rings. The average Bonchev–Trinajstić information content (AvgIpc) is 3.27. The Bertz CT molecular complexity index is 557. The zero-order valence-electron chi connectivity index (χ0n) is 13.5. The molecule has 0 aliphatic heterocycles. The van der Waals surface area contributed by atoms with Gasteiger partial charge in [-0.05, 0) is 31.2 Å². The van der Waals surface area contributed by atoms with Crippen LogP contribution < -0.4 is 16.0 Å². The molecule has 0 aromatic heterocycles. The molecule has 2 aliphatic carbocycles. The van der Waals surface area contributed by atoms with Gasteiger partial charge in [0.2, 0.25) is 11.8 Å². The van der Waals surface area contributed by atoms with Crippen LogP contribution in [-0.4, -0.2) is 30.9 Å². The number of carbonyl (C=O) groups is 2. The third-order valence-electron chi connectivity index (χ3n) is 4.80. The van der Waals surface area contributed by atoms with Gasteiger partial charge in [-0.15, -0.1) is 0 Å². The predicted octanol–water partition coefficient (Wildman–Crippen LogP) is 1.51. The van der Waals surface area contributed by atoms with E-state index < -0.39 is 6.04 Å². The molecule has 3 rings (SSSR count). The Labute approximate surface area is 137 Å². The van der Waals surface area contributed by atoms with E-state index in [1.165, 1.54) is 0 Å². The second-order valence-corrected chi connectivity index (χ2v) is 6.55. The zero-order chi connectivity index (χ0) is 16.2. The Morgan fingerprint density at radius 3 is 2.48 bits per heavy atom. The smallest absolute Gasteiger partial charge is 0.241 e. The summed E-state index contributed by atoms with van der Waals surface area (Å²) >= 11 is 0. The molecule has 23 heavy (non-hydrogen) atoms. The molecule has 3 unspecified atom stereocenters. The molecular formula is C18H25N3O2. The van der Waals surface area contributed by atoms with Gasteiger partial charge in [-0.1, -0.05) is 36.8 Å². The van der Waals surface area contributed by atoms with Gasteiger partial charge in [-0.25, -0.2) is 0 Å². The lowest BCUT2D eigenvalue weighted by molar-refractivity contribution is -0.127. The number of amides is 2. The summed E-state index contributed by atoms with van der Waals surface area (Å²) in [6.45, 7) is 0. The SMILES string of the molecule is CNC(=O)C1CCCC1NC(C(=O)NC1CC1)c1ccccc1. The summed E-state index contributed by atoms with van der Waals surface area (Å²) in [5, 5.41) is 9.28. The number of benzene rings is 1. The molecule has 1 aromatic carbocycles. The molecule has 0 heterocycles. The number of rotatable bonds is 6. The topological polar surface area (TPSA) is 70.2 Å². The van der Waals surface area contributed by atoms with Gasteiger partial charge < -0.3 is 10.6 Å². The lowest BCUT2D eigenvalue weighted by Crippen LogP contribution is -2.47. The van der Waals surface area contributed by atoms with E-state index in [1.54, 1.807) is 7.05 Å². The van der Waals surface area contributed by atoms with Crippen molar-refractivity contribution in [3.63, 3.8) is 0 Å².